The van der Waals surface area contributed by atoms with Gasteiger partial charge in [0.15, 0.2) is 0 Å². The van der Waals surface area contributed by atoms with Crippen molar-refractivity contribution in [3.8, 4) is 5.69 Å². The molecule has 5 heteroatoms. The van der Waals surface area contributed by atoms with Gasteiger partial charge in [-0.05, 0) is 36.8 Å². The minimum Gasteiger partial charge on any atom is -0.397 e. The van der Waals surface area contributed by atoms with E-state index >= 15 is 0 Å². The fraction of sp³-hybridized carbons (Fsp3) is 0.222. The Balaban J connectivity index is 2.29. The number of anilines is 2. The van der Waals surface area contributed by atoms with Crippen LogP contribution < -0.4 is 17.0 Å². The highest BCUT2D eigenvalue weighted by Gasteiger charge is 2.13. The van der Waals surface area contributed by atoms with Crippen LogP contribution in [0.5, 0.6) is 0 Å². The van der Waals surface area contributed by atoms with Crippen molar-refractivity contribution in [3.05, 3.63) is 58.6 Å². The first-order valence-corrected chi connectivity index (χ1v) is 7.78. The van der Waals surface area contributed by atoms with E-state index in [4.69, 9.17) is 16.5 Å². The maximum Gasteiger partial charge on any atom is 0.265 e. The number of rotatable bonds is 4. The first-order valence-electron chi connectivity index (χ1n) is 7.78. The fourth-order valence-electron chi connectivity index (χ4n) is 2.65. The van der Waals surface area contributed by atoms with Gasteiger partial charge in [0.05, 0.1) is 28.0 Å². The lowest BCUT2D eigenvalue weighted by atomic mass is 10.2. The number of nitrogens with two attached hydrogens (primary N) is 2. The predicted molar refractivity (Wildman–Crippen MR) is 94.8 cm³/mol. The summed E-state index contributed by atoms with van der Waals surface area (Å²) in [5.74, 6) is 0.750. The molecule has 23 heavy (non-hydrogen) atoms. The maximum atomic E-state index is 13.0. The summed E-state index contributed by atoms with van der Waals surface area (Å²) < 4.78 is 1.65. The highest BCUT2D eigenvalue weighted by molar-refractivity contribution is 5.78. The summed E-state index contributed by atoms with van der Waals surface area (Å²) in [6.07, 6.45) is 2.74. The summed E-state index contributed by atoms with van der Waals surface area (Å²) in [5, 5.41) is 0.600. The van der Waals surface area contributed by atoms with E-state index in [1.165, 1.54) is 0 Å². The van der Waals surface area contributed by atoms with Gasteiger partial charge in [0.2, 0.25) is 0 Å². The molecule has 0 radical (unpaired) electrons. The molecule has 4 N–H and O–H groups in total. The molecule has 0 unspecified atom stereocenters. The number of aryl methyl sites for hydroxylation is 1. The Labute approximate surface area is 134 Å². The zero-order valence-electron chi connectivity index (χ0n) is 13.1. The van der Waals surface area contributed by atoms with Crippen molar-refractivity contribution in [2.45, 2.75) is 26.2 Å². The highest BCUT2D eigenvalue weighted by Crippen LogP contribution is 2.20. The maximum absolute atomic E-state index is 13.0. The molecule has 0 spiro atoms. The first kappa shape index (κ1) is 15.1. The zero-order chi connectivity index (χ0) is 16.4. The summed E-state index contributed by atoms with van der Waals surface area (Å²) in [7, 11) is 0. The number of hydrogen-bond donors (Lipinski definition) is 2. The molecule has 2 aromatic carbocycles. The van der Waals surface area contributed by atoms with Crippen molar-refractivity contribution in [1.82, 2.24) is 9.55 Å². The van der Waals surface area contributed by atoms with E-state index in [9.17, 15) is 4.79 Å². The number of aromatic nitrogens is 2. The van der Waals surface area contributed by atoms with E-state index in [0.717, 1.165) is 30.6 Å². The second-order valence-corrected chi connectivity index (χ2v) is 5.60. The number of unbranched alkanes of at least 4 members (excludes halogenated alkanes) is 1. The quantitative estimate of drug-likeness (QED) is 0.725. The Morgan fingerprint density at radius 1 is 1.09 bits per heavy atom. The number of benzene rings is 2. The van der Waals surface area contributed by atoms with E-state index < -0.39 is 0 Å². The molecule has 0 aliphatic carbocycles. The third-order valence-electron chi connectivity index (χ3n) is 3.93. The Morgan fingerprint density at radius 3 is 2.61 bits per heavy atom. The van der Waals surface area contributed by atoms with Crippen LogP contribution in [0.15, 0.2) is 47.3 Å². The molecule has 3 rings (SSSR count). The van der Waals surface area contributed by atoms with Gasteiger partial charge in [-0.1, -0.05) is 25.5 Å². The predicted octanol–water partition coefficient (Wildman–Crippen LogP) is 2.89. The van der Waals surface area contributed by atoms with Crippen molar-refractivity contribution in [2.75, 3.05) is 11.5 Å². The molecule has 3 aromatic rings. The molecule has 1 heterocycles. The van der Waals surface area contributed by atoms with Gasteiger partial charge in [0.25, 0.3) is 5.56 Å². The van der Waals surface area contributed by atoms with Crippen LogP contribution in [0, 0.1) is 0 Å². The first-order chi connectivity index (χ1) is 11.1. The fourth-order valence-corrected chi connectivity index (χ4v) is 2.65. The minimum atomic E-state index is -0.0779. The Kier molecular flexibility index (Phi) is 4.02. The molecular weight excluding hydrogens is 288 g/mol. The summed E-state index contributed by atoms with van der Waals surface area (Å²) >= 11 is 0. The number of para-hydroxylation sites is 1. The second-order valence-electron chi connectivity index (χ2n) is 5.60. The number of nitrogens with zero attached hydrogens (tertiary/aromatic N) is 2. The Bertz CT molecular complexity index is 915. The normalized spacial score (nSPS) is 11.0. The van der Waals surface area contributed by atoms with Crippen molar-refractivity contribution in [3.63, 3.8) is 0 Å². The largest absolute Gasteiger partial charge is 0.397 e. The molecule has 1 aromatic heterocycles. The summed E-state index contributed by atoms with van der Waals surface area (Å²) in [6.45, 7) is 2.12. The van der Waals surface area contributed by atoms with Crippen LogP contribution in [0.1, 0.15) is 25.6 Å². The monoisotopic (exact) mass is 308 g/mol. The molecule has 0 saturated heterocycles. The molecule has 0 aliphatic heterocycles. The van der Waals surface area contributed by atoms with E-state index in [0.29, 0.717) is 22.4 Å². The van der Waals surface area contributed by atoms with Crippen LogP contribution in [-0.2, 0) is 6.42 Å². The lowest BCUT2D eigenvalue weighted by molar-refractivity contribution is 0.720. The molecule has 0 bridgehead atoms. The topological polar surface area (TPSA) is 86.9 Å². The molecule has 5 nitrogen and oxygen atoms in total. The van der Waals surface area contributed by atoms with Gasteiger partial charge in [-0.3, -0.25) is 9.36 Å². The van der Waals surface area contributed by atoms with E-state index in [2.05, 4.69) is 6.92 Å². The zero-order valence-corrected chi connectivity index (χ0v) is 13.1. The lowest BCUT2D eigenvalue weighted by Gasteiger charge is -2.14. The number of nitrogen functional groups attached to an aromatic ring is 2. The van der Waals surface area contributed by atoms with Crippen LogP contribution in [0.3, 0.4) is 0 Å². The molecule has 0 fully saturated rings. The summed E-state index contributed by atoms with van der Waals surface area (Å²) in [5.41, 5.74) is 14.0. The van der Waals surface area contributed by atoms with Gasteiger partial charge in [-0.2, -0.15) is 0 Å². The summed E-state index contributed by atoms with van der Waals surface area (Å²) in [6, 6.07) is 12.7. The van der Waals surface area contributed by atoms with Crippen LogP contribution in [0.4, 0.5) is 11.4 Å². The van der Waals surface area contributed by atoms with Crippen LogP contribution in [-0.4, -0.2) is 9.55 Å². The van der Waals surface area contributed by atoms with E-state index in [-0.39, 0.29) is 5.56 Å². The van der Waals surface area contributed by atoms with E-state index in [1.54, 1.807) is 28.8 Å². The molecule has 0 atom stereocenters. The van der Waals surface area contributed by atoms with Crippen molar-refractivity contribution in [2.24, 2.45) is 0 Å². The average Bonchev–Trinajstić information content (AvgIpc) is 2.56. The smallest absolute Gasteiger partial charge is 0.265 e. The van der Waals surface area contributed by atoms with Gasteiger partial charge in [-0.25, -0.2) is 4.98 Å². The number of fused-ring (bicyclic) bond motifs is 1. The third-order valence-corrected chi connectivity index (χ3v) is 3.93. The van der Waals surface area contributed by atoms with Gasteiger partial charge < -0.3 is 11.5 Å². The molecule has 0 saturated carbocycles. The summed E-state index contributed by atoms with van der Waals surface area (Å²) in [4.78, 5) is 17.7. The van der Waals surface area contributed by atoms with Crippen LogP contribution in [0.25, 0.3) is 16.6 Å². The van der Waals surface area contributed by atoms with Crippen molar-refractivity contribution >= 4 is 22.3 Å². The van der Waals surface area contributed by atoms with Gasteiger partial charge in [-0.15, -0.1) is 0 Å². The van der Waals surface area contributed by atoms with Gasteiger partial charge in [0, 0.05) is 6.42 Å². The van der Waals surface area contributed by atoms with Crippen molar-refractivity contribution in [1.29, 1.82) is 0 Å². The Morgan fingerprint density at radius 2 is 1.87 bits per heavy atom. The van der Waals surface area contributed by atoms with Crippen LogP contribution in [0.2, 0.25) is 0 Å². The Hall–Kier alpha value is -2.82. The molecule has 118 valence electrons. The standard InChI is InChI=1S/C18H20N4O/c1-2-3-8-17-21-16-7-5-4-6-13(16)18(23)22(17)12-9-10-14(19)15(20)11-12/h4-7,9-11H,2-3,8,19-20H2,1H3. The second kappa shape index (κ2) is 6.12. The van der Waals surface area contributed by atoms with Gasteiger partial charge >= 0.3 is 0 Å². The third kappa shape index (κ3) is 2.77. The van der Waals surface area contributed by atoms with E-state index in [1.807, 2.05) is 18.2 Å². The van der Waals surface area contributed by atoms with Gasteiger partial charge in [0.1, 0.15) is 5.82 Å². The highest BCUT2D eigenvalue weighted by atomic mass is 16.1. The SMILES string of the molecule is CCCCc1nc2ccccc2c(=O)n1-c1ccc(N)c(N)c1. The van der Waals surface area contributed by atoms with Crippen molar-refractivity contribution < 1.29 is 0 Å². The molecule has 0 aliphatic rings. The molecular formula is C18H20N4O. The average molecular weight is 308 g/mol. The molecule has 0 amide bonds. The number of hydrogen-bond acceptors (Lipinski definition) is 4. The lowest BCUT2D eigenvalue weighted by Crippen LogP contribution is -2.24. The van der Waals surface area contributed by atoms with Crippen LogP contribution >= 0.6 is 0 Å². The minimum absolute atomic E-state index is 0.0779.